The molecule has 2 unspecified atom stereocenters. The zero-order valence-corrected chi connectivity index (χ0v) is 11.2. The molecule has 1 heterocycles. The van der Waals surface area contributed by atoms with Crippen molar-refractivity contribution < 1.29 is 4.79 Å². The minimum Gasteiger partial charge on any atom is -0.349 e. The largest absolute Gasteiger partial charge is 0.349 e. The highest BCUT2D eigenvalue weighted by Gasteiger charge is 2.67. The van der Waals surface area contributed by atoms with E-state index < -0.39 is 9.75 Å². The van der Waals surface area contributed by atoms with Crippen molar-refractivity contribution in [3.05, 3.63) is 30.1 Å². The topological polar surface area (TPSA) is 42.0 Å². The normalized spacial score (nSPS) is 27.3. The second-order valence-corrected chi connectivity index (χ2v) is 6.18. The first kappa shape index (κ1) is 12.7. The molecule has 1 N–H and O–H groups in total. The Morgan fingerprint density at radius 1 is 1.59 bits per heavy atom. The van der Waals surface area contributed by atoms with E-state index >= 15 is 0 Å². The number of halogens is 2. The van der Waals surface area contributed by atoms with E-state index in [1.54, 1.807) is 19.3 Å². The van der Waals surface area contributed by atoms with Crippen LogP contribution in [0.2, 0.25) is 0 Å². The molecule has 2 rings (SSSR count). The molecule has 1 aromatic heterocycles. The average Bonchev–Trinajstić information content (AvgIpc) is 2.81. The molecule has 1 aliphatic rings. The van der Waals surface area contributed by atoms with Gasteiger partial charge in [-0.2, -0.15) is 0 Å². The van der Waals surface area contributed by atoms with Crippen molar-refractivity contribution in [2.24, 2.45) is 5.41 Å². The summed E-state index contributed by atoms with van der Waals surface area (Å²) in [5, 5.41) is 2.91. The average molecular weight is 273 g/mol. The monoisotopic (exact) mass is 272 g/mol. The lowest BCUT2D eigenvalue weighted by molar-refractivity contribution is -0.126. The number of pyridine rings is 1. The van der Waals surface area contributed by atoms with Gasteiger partial charge in [0, 0.05) is 12.4 Å². The predicted molar refractivity (Wildman–Crippen MR) is 68.0 cm³/mol. The number of carbonyl (C=O) groups is 1. The molecule has 2 atom stereocenters. The summed E-state index contributed by atoms with van der Waals surface area (Å²) in [6.45, 7) is 3.68. The lowest BCUT2D eigenvalue weighted by Crippen LogP contribution is -2.35. The third kappa shape index (κ3) is 2.26. The fourth-order valence-electron chi connectivity index (χ4n) is 1.72. The van der Waals surface area contributed by atoms with Crippen molar-refractivity contribution in [3.8, 4) is 0 Å². The molecule has 1 saturated carbocycles. The smallest absolute Gasteiger partial charge is 0.229 e. The van der Waals surface area contributed by atoms with Crippen molar-refractivity contribution in [2.45, 2.75) is 30.6 Å². The molecular weight excluding hydrogens is 259 g/mol. The van der Waals surface area contributed by atoms with Crippen LogP contribution in [0.3, 0.4) is 0 Å². The predicted octanol–water partition coefficient (Wildman–Crippen LogP) is 2.84. The van der Waals surface area contributed by atoms with Crippen LogP contribution in [0.4, 0.5) is 0 Å². The van der Waals surface area contributed by atoms with Crippen LogP contribution in [-0.2, 0) is 4.79 Å². The Morgan fingerprint density at radius 2 is 2.24 bits per heavy atom. The standard InChI is InChI=1S/C12H14Cl2N2O/c1-8(9-4-3-5-15-6-9)16-10(17)11(2)7-12(11,13)14/h3-6,8H,7H2,1-2H3,(H,16,17). The number of carbonyl (C=O) groups excluding carboxylic acids is 1. The fourth-order valence-corrected chi connectivity index (χ4v) is 2.42. The lowest BCUT2D eigenvalue weighted by Gasteiger charge is -2.18. The van der Waals surface area contributed by atoms with E-state index in [1.165, 1.54) is 0 Å². The Hall–Kier alpha value is -0.800. The van der Waals surface area contributed by atoms with E-state index in [9.17, 15) is 4.79 Å². The number of hydrogen-bond acceptors (Lipinski definition) is 2. The Labute approximate surface area is 111 Å². The van der Waals surface area contributed by atoms with Gasteiger partial charge >= 0.3 is 0 Å². The number of nitrogens with one attached hydrogen (secondary N) is 1. The van der Waals surface area contributed by atoms with Crippen LogP contribution in [0.15, 0.2) is 24.5 Å². The van der Waals surface area contributed by atoms with E-state index in [4.69, 9.17) is 23.2 Å². The summed E-state index contributed by atoms with van der Waals surface area (Å²) in [5.41, 5.74) is 0.284. The summed E-state index contributed by atoms with van der Waals surface area (Å²) in [5.74, 6) is -0.112. The van der Waals surface area contributed by atoms with Crippen molar-refractivity contribution >= 4 is 29.1 Å². The summed E-state index contributed by atoms with van der Waals surface area (Å²) in [6, 6.07) is 3.66. The van der Waals surface area contributed by atoms with Crippen LogP contribution in [0.5, 0.6) is 0 Å². The van der Waals surface area contributed by atoms with E-state index in [-0.39, 0.29) is 11.9 Å². The zero-order chi connectivity index (χ0) is 12.7. The van der Waals surface area contributed by atoms with Gasteiger partial charge in [-0.25, -0.2) is 0 Å². The van der Waals surface area contributed by atoms with Crippen LogP contribution < -0.4 is 5.32 Å². The molecule has 0 aromatic carbocycles. The molecule has 1 amide bonds. The van der Waals surface area contributed by atoms with Gasteiger partial charge < -0.3 is 5.32 Å². The first-order valence-corrected chi connectivity index (χ1v) is 6.21. The molecule has 3 nitrogen and oxygen atoms in total. The van der Waals surface area contributed by atoms with E-state index in [0.717, 1.165) is 5.56 Å². The van der Waals surface area contributed by atoms with Crippen molar-refractivity contribution in [1.29, 1.82) is 0 Å². The third-order valence-electron chi connectivity index (χ3n) is 3.29. The van der Waals surface area contributed by atoms with Gasteiger partial charge in [-0.3, -0.25) is 9.78 Å². The first-order chi connectivity index (χ1) is 7.87. The molecular formula is C12H14Cl2N2O. The van der Waals surface area contributed by atoms with Crippen LogP contribution in [-0.4, -0.2) is 15.2 Å². The molecule has 1 fully saturated rings. The highest BCUT2D eigenvalue weighted by Crippen LogP contribution is 2.63. The molecule has 92 valence electrons. The SMILES string of the molecule is CC(NC(=O)C1(C)CC1(Cl)Cl)c1cccnc1. The number of hydrogen-bond donors (Lipinski definition) is 1. The molecule has 5 heteroatoms. The molecule has 17 heavy (non-hydrogen) atoms. The number of aromatic nitrogens is 1. The van der Waals surface area contributed by atoms with Gasteiger partial charge in [0.15, 0.2) is 0 Å². The van der Waals surface area contributed by atoms with Crippen LogP contribution in [0.1, 0.15) is 31.9 Å². The Morgan fingerprint density at radius 3 is 2.71 bits per heavy atom. The minimum atomic E-state index is -0.925. The summed E-state index contributed by atoms with van der Waals surface area (Å²) < 4.78 is -0.925. The van der Waals surface area contributed by atoms with Gasteiger partial charge in [0.1, 0.15) is 4.33 Å². The van der Waals surface area contributed by atoms with Gasteiger partial charge in [0.25, 0.3) is 0 Å². The molecule has 0 radical (unpaired) electrons. The minimum absolute atomic E-state index is 0.0993. The maximum atomic E-state index is 12.0. The molecule has 0 saturated heterocycles. The summed E-state index contributed by atoms with van der Waals surface area (Å²) in [6.07, 6.45) is 3.92. The quantitative estimate of drug-likeness (QED) is 0.860. The second kappa shape index (κ2) is 4.14. The number of amides is 1. The van der Waals surface area contributed by atoms with Gasteiger partial charge in [-0.05, 0) is 31.9 Å². The number of rotatable bonds is 3. The molecule has 0 bridgehead atoms. The maximum absolute atomic E-state index is 12.0. The number of nitrogens with zero attached hydrogens (tertiary/aromatic N) is 1. The van der Waals surface area contributed by atoms with E-state index in [1.807, 2.05) is 19.1 Å². The maximum Gasteiger partial charge on any atom is 0.229 e. The van der Waals surface area contributed by atoms with Crippen molar-refractivity contribution in [3.63, 3.8) is 0 Å². The summed E-state index contributed by atoms with van der Waals surface area (Å²) in [7, 11) is 0. The second-order valence-electron chi connectivity index (χ2n) is 4.69. The Kier molecular flexibility index (Phi) is 3.08. The lowest BCUT2D eigenvalue weighted by atomic mass is 10.1. The van der Waals surface area contributed by atoms with E-state index in [2.05, 4.69) is 10.3 Å². The first-order valence-electron chi connectivity index (χ1n) is 5.45. The molecule has 1 aliphatic carbocycles. The van der Waals surface area contributed by atoms with Crippen LogP contribution >= 0.6 is 23.2 Å². The van der Waals surface area contributed by atoms with Gasteiger partial charge in [0.05, 0.1) is 11.5 Å². The highest BCUT2D eigenvalue weighted by atomic mass is 35.5. The Balaban J connectivity index is 2.01. The van der Waals surface area contributed by atoms with Gasteiger partial charge in [-0.1, -0.05) is 6.07 Å². The molecule has 0 aliphatic heterocycles. The zero-order valence-electron chi connectivity index (χ0n) is 9.71. The van der Waals surface area contributed by atoms with Crippen LogP contribution in [0.25, 0.3) is 0 Å². The van der Waals surface area contributed by atoms with Crippen molar-refractivity contribution in [1.82, 2.24) is 10.3 Å². The highest BCUT2D eigenvalue weighted by molar-refractivity contribution is 6.53. The Bertz CT molecular complexity index is 435. The molecule has 1 aromatic rings. The van der Waals surface area contributed by atoms with Gasteiger partial charge in [0.2, 0.25) is 5.91 Å². The number of alkyl halides is 2. The summed E-state index contributed by atoms with van der Waals surface area (Å²) in [4.78, 5) is 16.0. The van der Waals surface area contributed by atoms with Crippen LogP contribution in [0, 0.1) is 5.41 Å². The molecule has 0 spiro atoms. The summed E-state index contributed by atoms with van der Waals surface area (Å²) >= 11 is 11.9. The van der Waals surface area contributed by atoms with Gasteiger partial charge in [-0.15, -0.1) is 23.2 Å². The van der Waals surface area contributed by atoms with E-state index in [0.29, 0.717) is 6.42 Å². The fraction of sp³-hybridized carbons (Fsp3) is 0.500. The third-order valence-corrected chi connectivity index (χ3v) is 4.39. The van der Waals surface area contributed by atoms with Crippen molar-refractivity contribution in [2.75, 3.05) is 0 Å².